The first-order valence-electron chi connectivity index (χ1n) is 9.78. The van der Waals surface area contributed by atoms with Gasteiger partial charge in [0, 0.05) is 27.4 Å². The molecule has 2 unspecified atom stereocenters. The zero-order valence-electron chi connectivity index (χ0n) is 15.6. The van der Waals surface area contributed by atoms with E-state index in [2.05, 4.69) is 107 Å². The van der Waals surface area contributed by atoms with Gasteiger partial charge >= 0.3 is 0 Å². The Kier molecular flexibility index (Phi) is 3.78. The van der Waals surface area contributed by atoms with Crippen molar-refractivity contribution in [2.75, 3.05) is 0 Å². The van der Waals surface area contributed by atoms with Crippen LogP contribution < -0.4 is 10.6 Å². The predicted molar refractivity (Wildman–Crippen MR) is 120 cm³/mol. The second-order valence-electron chi connectivity index (χ2n) is 7.57. The number of halogens is 1. The largest absolute Gasteiger partial charge is 0.263 e. The van der Waals surface area contributed by atoms with Gasteiger partial charge < -0.3 is 0 Å². The molecule has 2 atom stereocenters. The minimum atomic E-state index is 0.0994. The molecule has 2 heterocycles. The summed E-state index contributed by atoms with van der Waals surface area (Å²) in [6.07, 6.45) is 4.35. The lowest BCUT2D eigenvalue weighted by atomic mass is 9.78. The highest BCUT2D eigenvalue weighted by Gasteiger charge is 2.37. The molecule has 0 bridgehead atoms. The Morgan fingerprint density at radius 2 is 1.52 bits per heavy atom. The lowest BCUT2D eigenvalue weighted by Crippen LogP contribution is -2.25. The number of benzene rings is 3. The zero-order valence-corrected chi connectivity index (χ0v) is 17.2. The Morgan fingerprint density at radius 3 is 2.28 bits per heavy atom. The van der Waals surface area contributed by atoms with Crippen LogP contribution in [0.1, 0.15) is 23.0 Å². The summed E-state index contributed by atoms with van der Waals surface area (Å²) in [6.45, 7) is 0. The third-order valence-electron chi connectivity index (χ3n) is 5.91. The van der Waals surface area contributed by atoms with Crippen LogP contribution in [-0.4, -0.2) is 6.21 Å². The average Bonchev–Trinajstić information content (AvgIpc) is 3.34. The second-order valence-corrected chi connectivity index (χ2v) is 8.48. The van der Waals surface area contributed by atoms with Crippen LogP contribution in [-0.2, 0) is 0 Å². The van der Waals surface area contributed by atoms with Crippen LogP contribution in [0.5, 0.6) is 0 Å². The van der Waals surface area contributed by atoms with Crippen LogP contribution in [0.4, 0.5) is 0 Å². The van der Waals surface area contributed by atoms with Crippen molar-refractivity contribution in [1.82, 2.24) is 0 Å². The Morgan fingerprint density at radius 1 is 0.793 bits per heavy atom. The molecule has 3 aliphatic rings. The Balaban J connectivity index is 1.62. The SMILES string of the molecule is Brc1ccc2c(c1)=NC1=CC3=C(N=CC3c3ccccc3)C(c3ccccc3)C=21. The molecule has 0 spiro atoms. The number of hydrogen-bond acceptors (Lipinski definition) is 2. The van der Waals surface area contributed by atoms with Crippen LogP contribution in [0, 0.1) is 0 Å². The van der Waals surface area contributed by atoms with E-state index in [-0.39, 0.29) is 11.8 Å². The van der Waals surface area contributed by atoms with Crippen molar-refractivity contribution in [1.29, 1.82) is 0 Å². The van der Waals surface area contributed by atoms with E-state index in [1.54, 1.807) is 0 Å². The molecular weight excluding hydrogens is 420 g/mol. The third-order valence-corrected chi connectivity index (χ3v) is 6.40. The number of aliphatic imine (C=N–C) groups is 1. The Bertz CT molecular complexity index is 1350. The van der Waals surface area contributed by atoms with Gasteiger partial charge in [-0.05, 0) is 34.9 Å². The van der Waals surface area contributed by atoms with Gasteiger partial charge in [-0.15, -0.1) is 0 Å². The predicted octanol–water partition coefficient (Wildman–Crippen LogP) is 5.04. The van der Waals surface area contributed by atoms with Gasteiger partial charge in [-0.3, -0.25) is 4.99 Å². The molecule has 0 fully saturated rings. The second kappa shape index (κ2) is 6.50. The van der Waals surface area contributed by atoms with Gasteiger partial charge in [0.1, 0.15) is 0 Å². The fourth-order valence-corrected chi connectivity index (χ4v) is 4.97. The molecule has 3 aromatic carbocycles. The van der Waals surface area contributed by atoms with Gasteiger partial charge in [-0.2, -0.15) is 0 Å². The molecule has 0 aromatic heterocycles. The molecule has 138 valence electrons. The number of fused-ring (bicyclic) bond motifs is 2. The van der Waals surface area contributed by atoms with E-state index in [0.717, 1.165) is 21.2 Å². The molecule has 0 saturated heterocycles. The molecule has 0 radical (unpaired) electrons. The van der Waals surface area contributed by atoms with Crippen molar-refractivity contribution < 1.29 is 0 Å². The zero-order chi connectivity index (χ0) is 19.4. The molecule has 0 amide bonds. The maximum Gasteiger partial charge on any atom is 0.0724 e. The fourth-order valence-electron chi connectivity index (χ4n) is 4.62. The quantitative estimate of drug-likeness (QED) is 0.537. The summed E-state index contributed by atoms with van der Waals surface area (Å²) in [5.41, 5.74) is 7.28. The van der Waals surface area contributed by atoms with Gasteiger partial charge in [0.2, 0.25) is 0 Å². The van der Waals surface area contributed by atoms with E-state index in [1.807, 2.05) is 0 Å². The molecule has 29 heavy (non-hydrogen) atoms. The van der Waals surface area contributed by atoms with E-state index in [4.69, 9.17) is 9.98 Å². The van der Waals surface area contributed by atoms with Gasteiger partial charge in [0.25, 0.3) is 0 Å². The van der Waals surface area contributed by atoms with Gasteiger partial charge in [0.05, 0.1) is 22.7 Å². The third kappa shape index (κ3) is 2.61. The van der Waals surface area contributed by atoms with Crippen LogP contribution >= 0.6 is 15.9 Å². The van der Waals surface area contributed by atoms with Crippen molar-refractivity contribution in [3.63, 3.8) is 0 Å². The van der Waals surface area contributed by atoms with Gasteiger partial charge in [0.15, 0.2) is 0 Å². The summed E-state index contributed by atoms with van der Waals surface area (Å²) >= 11 is 3.59. The topological polar surface area (TPSA) is 24.7 Å². The summed E-state index contributed by atoms with van der Waals surface area (Å²) in [4.78, 5) is 9.97. The molecule has 3 heteroatoms. The molecule has 6 rings (SSSR count). The fraction of sp³-hybridized carbons (Fsp3) is 0.0769. The van der Waals surface area contributed by atoms with Gasteiger partial charge in [-0.25, -0.2) is 4.99 Å². The van der Waals surface area contributed by atoms with E-state index in [0.29, 0.717) is 0 Å². The van der Waals surface area contributed by atoms with Crippen LogP contribution in [0.15, 0.2) is 116 Å². The first-order valence-corrected chi connectivity index (χ1v) is 10.6. The Hall–Kier alpha value is -3.04. The summed E-state index contributed by atoms with van der Waals surface area (Å²) in [6, 6.07) is 27.7. The summed E-state index contributed by atoms with van der Waals surface area (Å²) in [5.74, 6) is 0.277. The van der Waals surface area contributed by atoms with Crippen molar-refractivity contribution in [2.45, 2.75) is 11.8 Å². The number of nitrogens with zero attached hydrogens (tertiary/aromatic N) is 2. The highest BCUT2D eigenvalue weighted by atomic mass is 79.9. The van der Waals surface area contributed by atoms with E-state index < -0.39 is 0 Å². The highest BCUT2D eigenvalue weighted by molar-refractivity contribution is 9.10. The Labute approximate surface area is 177 Å². The first kappa shape index (κ1) is 16.9. The van der Waals surface area contributed by atoms with Gasteiger partial charge in [-0.1, -0.05) is 82.7 Å². The summed E-state index contributed by atoms with van der Waals surface area (Å²) < 4.78 is 1.05. The van der Waals surface area contributed by atoms with Crippen molar-refractivity contribution in [3.05, 3.63) is 128 Å². The molecular formula is C26H17BrN2. The number of rotatable bonds is 2. The minimum absolute atomic E-state index is 0.0994. The smallest absolute Gasteiger partial charge is 0.0724 e. The molecule has 0 saturated carbocycles. The maximum atomic E-state index is 5.00. The molecule has 2 nitrogen and oxygen atoms in total. The first-order chi connectivity index (χ1) is 14.3. The van der Waals surface area contributed by atoms with E-state index >= 15 is 0 Å². The minimum Gasteiger partial charge on any atom is -0.263 e. The lowest BCUT2D eigenvalue weighted by Gasteiger charge is -2.26. The van der Waals surface area contributed by atoms with Crippen molar-refractivity contribution in [2.24, 2.45) is 9.98 Å². The number of hydrogen-bond donors (Lipinski definition) is 0. The number of allylic oxidation sites excluding steroid dienone is 4. The van der Waals surface area contributed by atoms with Crippen molar-refractivity contribution >= 4 is 27.7 Å². The van der Waals surface area contributed by atoms with E-state index in [1.165, 1.54) is 27.5 Å². The highest BCUT2D eigenvalue weighted by Crippen LogP contribution is 2.48. The lowest BCUT2D eigenvalue weighted by molar-refractivity contribution is 0.941. The monoisotopic (exact) mass is 436 g/mol. The van der Waals surface area contributed by atoms with Crippen molar-refractivity contribution in [3.8, 4) is 0 Å². The van der Waals surface area contributed by atoms with E-state index in [9.17, 15) is 0 Å². The average molecular weight is 437 g/mol. The maximum absolute atomic E-state index is 5.00. The normalized spacial score (nSPS) is 21.4. The van der Waals surface area contributed by atoms with Crippen LogP contribution in [0.2, 0.25) is 0 Å². The molecule has 2 aliphatic heterocycles. The van der Waals surface area contributed by atoms with Crippen LogP contribution in [0.25, 0.3) is 5.57 Å². The van der Waals surface area contributed by atoms with Crippen LogP contribution in [0.3, 0.4) is 0 Å². The molecule has 1 aliphatic carbocycles. The summed E-state index contributed by atoms with van der Waals surface area (Å²) in [5, 5.41) is 2.24. The molecule has 3 aromatic rings. The molecule has 0 N–H and O–H groups in total. The summed E-state index contributed by atoms with van der Waals surface area (Å²) in [7, 11) is 0. The standard InChI is InChI=1S/C26H17BrN2/c27-18-11-12-19-22(13-18)29-23-14-20-21(16-7-3-1-4-8-16)15-28-26(20)24(25(19)23)17-9-5-2-6-10-17/h1-15,21,24H.